The molecular formula is C33H28FN5O. The normalized spacial score (nSPS) is 14.1. The molecule has 0 aliphatic heterocycles. The minimum absolute atomic E-state index is 0.0833. The van der Waals surface area contributed by atoms with Crippen molar-refractivity contribution in [2.24, 2.45) is 5.92 Å². The van der Waals surface area contributed by atoms with Crippen LogP contribution in [0.5, 0.6) is 0 Å². The van der Waals surface area contributed by atoms with Crippen molar-refractivity contribution in [2.45, 2.75) is 32.1 Å². The van der Waals surface area contributed by atoms with Gasteiger partial charge in [0.25, 0.3) is 0 Å². The number of pyridine rings is 1. The predicted octanol–water partition coefficient (Wildman–Crippen LogP) is 8.10. The molecule has 6 nitrogen and oxygen atoms in total. The smallest absolute Gasteiger partial charge is 0.227 e. The number of aromatic amines is 2. The molecule has 40 heavy (non-hydrogen) atoms. The second-order valence-corrected chi connectivity index (χ2v) is 10.6. The molecule has 198 valence electrons. The van der Waals surface area contributed by atoms with Gasteiger partial charge in [-0.25, -0.2) is 4.39 Å². The number of carbonyl (C=O) groups is 1. The molecule has 0 atom stereocenters. The summed E-state index contributed by atoms with van der Waals surface area (Å²) in [6.07, 6.45) is 8.87. The fourth-order valence-corrected chi connectivity index (χ4v) is 5.86. The fraction of sp³-hybridized carbons (Fsp3) is 0.182. The fourth-order valence-electron chi connectivity index (χ4n) is 5.86. The van der Waals surface area contributed by atoms with Crippen molar-refractivity contribution in [1.29, 1.82) is 0 Å². The molecule has 3 N–H and O–H groups in total. The number of anilines is 1. The van der Waals surface area contributed by atoms with Gasteiger partial charge < -0.3 is 10.3 Å². The van der Waals surface area contributed by atoms with Gasteiger partial charge in [-0.2, -0.15) is 5.10 Å². The monoisotopic (exact) mass is 529 g/mol. The molecule has 0 unspecified atom stereocenters. The van der Waals surface area contributed by atoms with Crippen molar-refractivity contribution < 1.29 is 9.18 Å². The Morgan fingerprint density at radius 1 is 0.825 bits per heavy atom. The van der Waals surface area contributed by atoms with Gasteiger partial charge in [0.15, 0.2) is 0 Å². The highest BCUT2D eigenvalue weighted by molar-refractivity contribution is 6.02. The Labute approximate surface area is 230 Å². The van der Waals surface area contributed by atoms with E-state index in [9.17, 15) is 9.18 Å². The number of carbonyl (C=O) groups excluding carboxylic acids is 1. The molecule has 7 rings (SSSR count). The van der Waals surface area contributed by atoms with Crippen LogP contribution in [0.2, 0.25) is 0 Å². The van der Waals surface area contributed by atoms with Crippen molar-refractivity contribution in [3.05, 3.63) is 91.0 Å². The number of hydrogen-bond acceptors (Lipinski definition) is 3. The number of fused-ring (bicyclic) bond motifs is 2. The topological polar surface area (TPSA) is 86.5 Å². The Balaban J connectivity index is 1.23. The molecule has 3 heterocycles. The van der Waals surface area contributed by atoms with Crippen LogP contribution in [0, 0.1) is 11.7 Å². The minimum atomic E-state index is -0.261. The predicted molar refractivity (Wildman–Crippen MR) is 157 cm³/mol. The highest BCUT2D eigenvalue weighted by Gasteiger charge is 2.21. The third-order valence-corrected chi connectivity index (χ3v) is 7.93. The van der Waals surface area contributed by atoms with Gasteiger partial charge in [0.2, 0.25) is 5.91 Å². The standard InChI is InChI=1S/C33H28FN5O/c34-24-9-4-8-22(14-24)26-10-5-11-29-27(26)17-31(37-29)32-28-16-21(12-13-30(28)38-39-32)23-15-25(19-35-18-23)36-33(40)20-6-2-1-3-7-20/h4-5,8-20,37H,1-3,6-7H2,(H,36,40)(H,38,39). The van der Waals surface area contributed by atoms with E-state index in [0.717, 1.165) is 81.1 Å². The summed E-state index contributed by atoms with van der Waals surface area (Å²) < 4.78 is 14.0. The number of benzene rings is 3. The maximum atomic E-state index is 14.0. The maximum absolute atomic E-state index is 14.0. The number of halogens is 1. The molecule has 3 aromatic carbocycles. The van der Waals surface area contributed by atoms with Crippen LogP contribution < -0.4 is 5.32 Å². The first-order chi connectivity index (χ1) is 19.6. The summed E-state index contributed by atoms with van der Waals surface area (Å²) in [4.78, 5) is 20.7. The first-order valence-corrected chi connectivity index (χ1v) is 13.7. The SMILES string of the molecule is O=C(Nc1cncc(-c2ccc3[nH]nc(-c4cc5c(-c6cccc(F)c6)cccc5[nH]4)c3c2)c1)C1CCCCC1. The lowest BCUT2D eigenvalue weighted by molar-refractivity contribution is -0.120. The van der Waals surface area contributed by atoms with Gasteiger partial charge in [0.05, 0.1) is 23.1 Å². The van der Waals surface area contributed by atoms with Crippen LogP contribution in [-0.2, 0) is 4.79 Å². The quantitative estimate of drug-likeness (QED) is 0.211. The number of rotatable bonds is 5. The lowest BCUT2D eigenvalue weighted by Gasteiger charge is -2.20. The van der Waals surface area contributed by atoms with Crippen LogP contribution in [0.4, 0.5) is 10.1 Å². The van der Waals surface area contributed by atoms with E-state index in [0.29, 0.717) is 5.69 Å². The molecule has 0 bridgehead atoms. The molecule has 1 aliphatic carbocycles. The lowest BCUT2D eigenvalue weighted by atomic mass is 9.88. The summed E-state index contributed by atoms with van der Waals surface area (Å²) in [6, 6.07) is 22.8. The second-order valence-electron chi connectivity index (χ2n) is 10.6. The number of hydrogen-bond donors (Lipinski definition) is 3. The number of aromatic nitrogens is 4. The molecule has 1 saturated carbocycles. The zero-order valence-electron chi connectivity index (χ0n) is 21.9. The Bertz CT molecular complexity index is 1860. The Hall–Kier alpha value is -4.78. The zero-order valence-corrected chi connectivity index (χ0v) is 21.9. The first kappa shape index (κ1) is 24.3. The minimum Gasteiger partial charge on any atom is -0.353 e. The van der Waals surface area contributed by atoms with E-state index >= 15 is 0 Å². The van der Waals surface area contributed by atoms with Crippen molar-refractivity contribution in [2.75, 3.05) is 5.32 Å². The van der Waals surface area contributed by atoms with Crippen LogP contribution >= 0.6 is 0 Å². The third kappa shape index (κ3) is 4.53. The van der Waals surface area contributed by atoms with E-state index in [1.165, 1.54) is 12.5 Å². The largest absolute Gasteiger partial charge is 0.353 e. The van der Waals surface area contributed by atoms with E-state index in [4.69, 9.17) is 0 Å². The Kier molecular flexibility index (Phi) is 6.11. The van der Waals surface area contributed by atoms with Crippen molar-refractivity contribution in [1.82, 2.24) is 20.2 Å². The highest BCUT2D eigenvalue weighted by atomic mass is 19.1. The van der Waals surface area contributed by atoms with Crippen LogP contribution in [0.15, 0.2) is 85.2 Å². The summed E-state index contributed by atoms with van der Waals surface area (Å²) in [6.45, 7) is 0. The summed E-state index contributed by atoms with van der Waals surface area (Å²) in [5.74, 6) is -0.0918. The molecule has 6 aromatic rings. The number of nitrogens with zero attached hydrogens (tertiary/aromatic N) is 2. The molecule has 0 spiro atoms. The van der Waals surface area contributed by atoms with Gasteiger partial charge in [0, 0.05) is 34.0 Å². The molecule has 1 amide bonds. The summed E-state index contributed by atoms with van der Waals surface area (Å²) in [5.41, 5.74) is 7.93. The maximum Gasteiger partial charge on any atom is 0.227 e. The molecular weight excluding hydrogens is 501 g/mol. The van der Waals surface area contributed by atoms with Crippen molar-refractivity contribution in [3.63, 3.8) is 0 Å². The molecule has 0 saturated heterocycles. The molecule has 1 fully saturated rings. The van der Waals surface area contributed by atoms with E-state index in [1.807, 2.05) is 48.7 Å². The van der Waals surface area contributed by atoms with Crippen molar-refractivity contribution in [3.8, 4) is 33.6 Å². The summed E-state index contributed by atoms with van der Waals surface area (Å²) in [5, 5.41) is 12.8. The van der Waals surface area contributed by atoms with Gasteiger partial charge in [-0.1, -0.05) is 49.6 Å². The van der Waals surface area contributed by atoms with E-state index in [1.54, 1.807) is 18.3 Å². The summed E-state index contributed by atoms with van der Waals surface area (Å²) in [7, 11) is 0. The second kappa shape index (κ2) is 10.1. The van der Waals surface area contributed by atoms with Gasteiger partial charge in [-0.15, -0.1) is 0 Å². The number of nitrogens with one attached hydrogen (secondary N) is 3. The summed E-state index contributed by atoms with van der Waals surface area (Å²) >= 11 is 0. The Morgan fingerprint density at radius 3 is 2.58 bits per heavy atom. The van der Waals surface area contributed by atoms with E-state index in [-0.39, 0.29) is 17.6 Å². The number of amides is 1. The average molecular weight is 530 g/mol. The average Bonchev–Trinajstić information content (AvgIpc) is 3.61. The highest BCUT2D eigenvalue weighted by Crippen LogP contribution is 2.36. The Morgan fingerprint density at radius 2 is 1.70 bits per heavy atom. The van der Waals surface area contributed by atoms with Crippen LogP contribution in [0.25, 0.3) is 55.4 Å². The van der Waals surface area contributed by atoms with Crippen LogP contribution in [-0.4, -0.2) is 26.1 Å². The van der Waals surface area contributed by atoms with Gasteiger partial charge >= 0.3 is 0 Å². The zero-order chi connectivity index (χ0) is 27.1. The van der Waals surface area contributed by atoms with E-state index in [2.05, 4.69) is 37.6 Å². The van der Waals surface area contributed by atoms with Gasteiger partial charge in [0.1, 0.15) is 11.5 Å². The molecule has 7 heteroatoms. The molecule has 3 aromatic heterocycles. The van der Waals surface area contributed by atoms with Crippen LogP contribution in [0.3, 0.4) is 0 Å². The van der Waals surface area contributed by atoms with Crippen molar-refractivity contribution >= 4 is 33.4 Å². The van der Waals surface area contributed by atoms with Gasteiger partial charge in [-0.05, 0) is 72.0 Å². The third-order valence-electron chi connectivity index (χ3n) is 7.93. The first-order valence-electron chi connectivity index (χ1n) is 13.7. The molecule has 1 aliphatic rings. The lowest BCUT2D eigenvalue weighted by Crippen LogP contribution is -2.24. The number of H-pyrrole nitrogens is 2. The molecule has 0 radical (unpaired) electrons. The van der Waals surface area contributed by atoms with E-state index < -0.39 is 0 Å². The van der Waals surface area contributed by atoms with Gasteiger partial charge in [-0.3, -0.25) is 14.9 Å². The van der Waals surface area contributed by atoms with Crippen LogP contribution in [0.1, 0.15) is 32.1 Å².